The fourth-order valence-electron chi connectivity index (χ4n) is 1.94. The average molecular weight is 333 g/mol. The highest BCUT2D eigenvalue weighted by atomic mass is 79.9. The molecule has 0 aromatic heterocycles. The Balaban J connectivity index is 2.12. The van der Waals surface area contributed by atoms with Gasteiger partial charge in [0.1, 0.15) is 0 Å². The largest absolute Gasteiger partial charge is 0.380 e. The van der Waals surface area contributed by atoms with Crippen LogP contribution < -0.4 is 10.6 Å². The molecule has 0 aliphatic heterocycles. The average Bonchev–Trinajstić information content (AvgIpc) is 2.39. The van der Waals surface area contributed by atoms with Gasteiger partial charge in [-0.15, -0.1) is 0 Å². The molecular formula is C16H17BrN2O. The van der Waals surface area contributed by atoms with E-state index < -0.39 is 0 Å². The summed E-state index contributed by atoms with van der Waals surface area (Å²) in [6.07, 6.45) is 0. The molecule has 0 unspecified atom stereocenters. The van der Waals surface area contributed by atoms with Gasteiger partial charge in [0.2, 0.25) is 5.91 Å². The van der Waals surface area contributed by atoms with Crippen LogP contribution in [0.15, 0.2) is 46.9 Å². The van der Waals surface area contributed by atoms with Crippen LogP contribution in [0.2, 0.25) is 0 Å². The Hall–Kier alpha value is -1.81. The van der Waals surface area contributed by atoms with Crippen molar-refractivity contribution in [3.8, 4) is 0 Å². The van der Waals surface area contributed by atoms with Crippen LogP contribution in [0, 0.1) is 6.92 Å². The van der Waals surface area contributed by atoms with Gasteiger partial charge in [-0.2, -0.15) is 0 Å². The highest BCUT2D eigenvalue weighted by Crippen LogP contribution is 2.25. The molecule has 0 aliphatic carbocycles. The van der Waals surface area contributed by atoms with Crippen LogP contribution in [0.3, 0.4) is 0 Å². The molecule has 0 fully saturated rings. The fourth-order valence-corrected chi connectivity index (χ4v) is 2.57. The van der Waals surface area contributed by atoms with E-state index in [1.54, 1.807) is 0 Å². The van der Waals surface area contributed by atoms with Gasteiger partial charge in [0, 0.05) is 29.3 Å². The van der Waals surface area contributed by atoms with Crippen LogP contribution in [-0.2, 0) is 11.3 Å². The van der Waals surface area contributed by atoms with Gasteiger partial charge in [0.25, 0.3) is 0 Å². The molecule has 0 saturated heterocycles. The van der Waals surface area contributed by atoms with E-state index in [-0.39, 0.29) is 5.91 Å². The van der Waals surface area contributed by atoms with E-state index in [0.29, 0.717) is 6.54 Å². The summed E-state index contributed by atoms with van der Waals surface area (Å²) in [4.78, 5) is 11.2. The van der Waals surface area contributed by atoms with Crippen molar-refractivity contribution in [2.24, 2.45) is 0 Å². The Morgan fingerprint density at radius 1 is 1.15 bits per heavy atom. The molecule has 0 saturated carbocycles. The minimum Gasteiger partial charge on any atom is -0.380 e. The molecule has 2 rings (SSSR count). The summed E-state index contributed by atoms with van der Waals surface area (Å²) < 4.78 is 1.04. The first-order chi connectivity index (χ1) is 9.56. The molecule has 2 N–H and O–H groups in total. The maximum atomic E-state index is 11.2. The zero-order valence-electron chi connectivity index (χ0n) is 11.5. The zero-order chi connectivity index (χ0) is 14.5. The van der Waals surface area contributed by atoms with E-state index in [9.17, 15) is 4.79 Å². The molecule has 0 heterocycles. The van der Waals surface area contributed by atoms with Gasteiger partial charge in [0.05, 0.1) is 0 Å². The van der Waals surface area contributed by atoms with Gasteiger partial charge in [0.15, 0.2) is 0 Å². The van der Waals surface area contributed by atoms with E-state index in [1.807, 2.05) is 30.3 Å². The van der Waals surface area contributed by atoms with Gasteiger partial charge >= 0.3 is 0 Å². The quantitative estimate of drug-likeness (QED) is 0.874. The first-order valence-corrected chi connectivity index (χ1v) is 7.21. The summed E-state index contributed by atoms with van der Waals surface area (Å²) in [6.45, 7) is 4.22. The fraction of sp³-hybridized carbons (Fsp3) is 0.188. The summed E-state index contributed by atoms with van der Waals surface area (Å²) in [5.41, 5.74) is 4.14. The van der Waals surface area contributed by atoms with Crippen molar-refractivity contribution >= 4 is 33.2 Å². The van der Waals surface area contributed by atoms with Gasteiger partial charge in [-0.25, -0.2) is 0 Å². The standard InChI is InChI=1S/C16H17BrN2O/c1-11-7-8-16(14(17)9-11)18-10-13-5-3-4-6-15(13)19-12(2)20/h3-9,18H,10H2,1-2H3,(H,19,20). The number of para-hydroxylation sites is 1. The second-order valence-electron chi connectivity index (χ2n) is 4.68. The van der Waals surface area contributed by atoms with E-state index in [4.69, 9.17) is 0 Å². The number of aryl methyl sites for hydroxylation is 1. The van der Waals surface area contributed by atoms with Crippen molar-refractivity contribution in [3.05, 3.63) is 58.1 Å². The molecule has 3 nitrogen and oxygen atoms in total. The summed E-state index contributed by atoms with van der Waals surface area (Å²) >= 11 is 3.55. The number of nitrogens with one attached hydrogen (secondary N) is 2. The highest BCUT2D eigenvalue weighted by Gasteiger charge is 2.04. The number of rotatable bonds is 4. The van der Waals surface area contributed by atoms with E-state index in [0.717, 1.165) is 21.4 Å². The third-order valence-electron chi connectivity index (χ3n) is 2.92. The molecule has 0 bridgehead atoms. The Morgan fingerprint density at radius 2 is 1.90 bits per heavy atom. The van der Waals surface area contributed by atoms with Crippen LogP contribution in [0.5, 0.6) is 0 Å². The molecule has 0 spiro atoms. The molecule has 0 aliphatic rings. The van der Waals surface area contributed by atoms with Crippen LogP contribution in [-0.4, -0.2) is 5.91 Å². The van der Waals surface area contributed by atoms with Crippen molar-refractivity contribution in [2.45, 2.75) is 20.4 Å². The second kappa shape index (κ2) is 6.57. The number of halogens is 1. The topological polar surface area (TPSA) is 41.1 Å². The third-order valence-corrected chi connectivity index (χ3v) is 3.58. The lowest BCUT2D eigenvalue weighted by Gasteiger charge is -2.13. The van der Waals surface area contributed by atoms with E-state index >= 15 is 0 Å². The van der Waals surface area contributed by atoms with Crippen molar-refractivity contribution in [1.29, 1.82) is 0 Å². The molecule has 4 heteroatoms. The molecule has 2 aromatic rings. The van der Waals surface area contributed by atoms with Gasteiger partial charge in [-0.1, -0.05) is 24.3 Å². The summed E-state index contributed by atoms with van der Waals surface area (Å²) in [5.74, 6) is -0.0611. The first kappa shape index (κ1) is 14.6. The number of benzene rings is 2. The number of amides is 1. The van der Waals surface area contributed by atoms with Crippen molar-refractivity contribution in [1.82, 2.24) is 0 Å². The maximum absolute atomic E-state index is 11.2. The Kier molecular flexibility index (Phi) is 4.79. The predicted molar refractivity (Wildman–Crippen MR) is 87.0 cm³/mol. The maximum Gasteiger partial charge on any atom is 0.221 e. The zero-order valence-corrected chi connectivity index (χ0v) is 13.1. The van der Waals surface area contributed by atoms with Gasteiger partial charge in [-0.05, 0) is 52.2 Å². The van der Waals surface area contributed by atoms with Crippen molar-refractivity contribution in [3.63, 3.8) is 0 Å². The van der Waals surface area contributed by atoms with Crippen molar-refractivity contribution < 1.29 is 4.79 Å². The molecule has 1 amide bonds. The molecule has 2 aromatic carbocycles. The number of carbonyl (C=O) groups is 1. The third kappa shape index (κ3) is 3.84. The number of carbonyl (C=O) groups excluding carboxylic acids is 1. The smallest absolute Gasteiger partial charge is 0.221 e. The Labute approximate surface area is 127 Å². The SMILES string of the molecule is CC(=O)Nc1ccccc1CNc1ccc(C)cc1Br. The van der Waals surface area contributed by atoms with E-state index in [1.165, 1.54) is 12.5 Å². The Bertz CT molecular complexity index is 626. The minimum atomic E-state index is -0.0611. The Morgan fingerprint density at radius 3 is 2.60 bits per heavy atom. The molecule has 104 valence electrons. The highest BCUT2D eigenvalue weighted by molar-refractivity contribution is 9.10. The lowest BCUT2D eigenvalue weighted by atomic mass is 10.1. The summed E-state index contributed by atoms with van der Waals surface area (Å²) in [6, 6.07) is 14.0. The summed E-state index contributed by atoms with van der Waals surface area (Å²) in [5, 5.41) is 6.21. The molecular weight excluding hydrogens is 316 g/mol. The predicted octanol–water partition coefficient (Wildman–Crippen LogP) is 4.33. The van der Waals surface area contributed by atoms with Crippen LogP contribution in [0.25, 0.3) is 0 Å². The van der Waals surface area contributed by atoms with Crippen LogP contribution in [0.1, 0.15) is 18.1 Å². The number of hydrogen-bond donors (Lipinski definition) is 2. The van der Waals surface area contributed by atoms with Gasteiger partial charge in [-0.3, -0.25) is 4.79 Å². The summed E-state index contributed by atoms with van der Waals surface area (Å²) in [7, 11) is 0. The van der Waals surface area contributed by atoms with Gasteiger partial charge < -0.3 is 10.6 Å². The molecule has 0 radical (unpaired) electrons. The lowest BCUT2D eigenvalue weighted by molar-refractivity contribution is -0.114. The van der Waals surface area contributed by atoms with Crippen molar-refractivity contribution in [2.75, 3.05) is 10.6 Å². The monoisotopic (exact) mass is 332 g/mol. The minimum absolute atomic E-state index is 0.0611. The normalized spacial score (nSPS) is 10.2. The van der Waals surface area contributed by atoms with Crippen LogP contribution >= 0.6 is 15.9 Å². The number of anilines is 2. The second-order valence-corrected chi connectivity index (χ2v) is 5.53. The first-order valence-electron chi connectivity index (χ1n) is 6.42. The van der Waals surface area contributed by atoms with Crippen LogP contribution in [0.4, 0.5) is 11.4 Å². The number of hydrogen-bond acceptors (Lipinski definition) is 2. The molecule has 20 heavy (non-hydrogen) atoms. The lowest BCUT2D eigenvalue weighted by Crippen LogP contribution is -2.10. The molecule has 0 atom stereocenters. The van der Waals surface area contributed by atoms with E-state index in [2.05, 4.69) is 45.6 Å².